The van der Waals surface area contributed by atoms with Crippen LogP contribution >= 0.6 is 0 Å². The van der Waals surface area contributed by atoms with Crippen molar-refractivity contribution in [3.63, 3.8) is 0 Å². The molecule has 0 unspecified atom stereocenters. The van der Waals surface area contributed by atoms with E-state index in [0.717, 1.165) is 25.0 Å². The van der Waals surface area contributed by atoms with Crippen LogP contribution in [0.1, 0.15) is 47.0 Å². The number of carbonyl (C=O) groups excluding carboxylic acids is 2. The minimum atomic E-state index is -0.512. The summed E-state index contributed by atoms with van der Waals surface area (Å²) in [7, 11) is 3.20. The molecule has 1 spiro atoms. The third-order valence-electron chi connectivity index (χ3n) is 6.03. The molecular weight excluding hydrogens is 452 g/mol. The molecule has 3 rings (SSSR count). The Morgan fingerprint density at radius 2 is 1.89 bits per heavy atom. The first-order valence-electron chi connectivity index (χ1n) is 12.2. The van der Waals surface area contributed by atoms with Crippen LogP contribution in [0.5, 0.6) is 0 Å². The number of epoxide rings is 1. The van der Waals surface area contributed by atoms with Gasteiger partial charge in [0.25, 0.3) is 0 Å². The molecule has 0 aromatic carbocycles. The number of hydrogen-bond acceptors (Lipinski definition) is 7. The lowest BCUT2D eigenvalue weighted by Crippen LogP contribution is -2.46. The van der Waals surface area contributed by atoms with Gasteiger partial charge in [-0.3, -0.25) is 4.79 Å². The molecule has 3 heterocycles. The number of nitrogens with one attached hydrogen (secondary N) is 1. The van der Waals surface area contributed by atoms with Crippen molar-refractivity contribution >= 4 is 12.0 Å². The fourth-order valence-corrected chi connectivity index (χ4v) is 4.28. The number of ether oxygens (including phenoxy) is 5. The number of hydrogen-bond donors (Lipinski definition) is 1. The molecule has 35 heavy (non-hydrogen) atoms. The number of allylic oxidation sites excluding steroid dienone is 2. The Balaban J connectivity index is 1.35. The molecule has 0 saturated carbocycles. The Labute approximate surface area is 208 Å². The van der Waals surface area contributed by atoms with Crippen molar-refractivity contribution in [1.82, 2.24) is 10.2 Å². The van der Waals surface area contributed by atoms with E-state index >= 15 is 0 Å². The molecule has 3 aliphatic heterocycles. The zero-order valence-electron chi connectivity index (χ0n) is 21.7. The van der Waals surface area contributed by atoms with Crippen molar-refractivity contribution in [2.45, 2.75) is 82.7 Å². The van der Waals surface area contributed by atoms with Gasteiger partial charge in [0.2, 0.25) is 5.91 Å². The molecule has 3 saturated heterocycles. The fraction of sp³-hybridized carbons (Fsp3) is 0.692. The first-order chi connectivity index (χ1) is 16.5. The van der Waals surface area contributed by atoms with E-state index in [9.17, 15) is 9.59 Å². The summed E-state index contributed by atoms with van der Waals surface area (Å²) in [6.07, 6.45) is 10.3. The minimum absolute atomic E-state index is 0.0110. The number of rotatable bonds is 8. The maximum absolute atomic E-state index is 12.1. The summed E-state index contributed by atoms with van der Waals surface area (Å²) in [5.41, 5.74) is 0.945. The van der Waals surface area contributed by atoms with Crippen molar-refractivity contribution in [2.24, 2.45) is 0 Å². The van der Waals surface area contributed by atoms with E-state index < -0.39 is 12.2 Å². The van der Waals surface area contributed by atoms with E-state index in [1.165, 1.54) is 17.1 Å². The summed E-state index contributed by atoms with van der Waals surface area (Å²) in [6, 6.07) is -0.239. The van der Waals surface area contributed by atoms with Gasteiger partial charge in [-0.1, -0.05) is 23.8 Å². The molecule has 9 heteroatoms. The van der Waals surface area contributed by atoms with Crippen molar-refractivity contribution in [1.29, 1.82) is 0 Å². The summed E-state index contributed by atoms with van der Waals surface area (Å²) in [4.78, 5) is 25.0. The van der Waals surface area contributed by atoms with E-state index in [1.807, 2.05) is 6.92 Å². The van der Waals surface area contributed by atoms with Crippen molar-refractivity contribution < 1.29 is 33.3 Å². The van der Waals surface area contributed by atoms with Gasteiger partial charge in [-0.15, -0.1) is 0 Å². The van der Waals surface area contributed by atoms with Crippen LogP contribution in [0.3, 0.4) is 0 Å². The van der Waals surface area contributed by atoms with Crippen molar-refractivity contribution in [3.8, 4) is 0 Å². The van der Waals surface area contributed by atoms with Crippen LogP contribution in [-0.2, 0) is 28.5 Å². The largest absolute Gasteiger partial charge is 0.442 e. The zero-order chi connectivity index (χ0) is 25.6. The monoisotopic (exact) mass is 492 g/mol. The molecule has 0 aliphatic carbocycles. The van der Waals surface area contributed by atoms with Gasteiger partial charge in [-0.05, 0) is 33.8 Å². The Morgan fingerprint density at radius 1 is 1.20 bits per heavy atom. The lowest BCUT2D eigenvalue weighted by molar-refractivity contribution is -0.187. The minimum Gasteiger partial charge on any atom is -0.442 e. The molecule has 2 amide bonds. The van der Waals surface area contributed by atoms with E-state index in [-0.39, 0.29) is 35.5 Å². The topological polar surface area (TPSA) is 98.9 Å². The van der Waals surface area contributed by atoms with Crippen molar-refractivity contribution in [2.75, 3.05) is 33.9 Å². The highest BCUT2D eigenvalue weighted by atomic mass is 16.7. The standard InChI is InChI=1S/C26H40N2O7/c1-18(7-10-21-13-26(17-33-26)16-25(3,4)35-21)8-12-23-31-14-20(15-32-23)27-22(29)11-9-19(2)34-24(30)28(5)6/h7-11,19-21,23H,12-17H2,1-6H3,(H,27,29)/b10-7+,11-9-,18-8+/t19-,20?,21+,23?,26+/m0/s1. The molecule has 0 bridgehead atoms. The van der Waals surface area contributed by atoms with Crippen LogP contribution in [0.15, 0.2) is 36.0 Å². The molecule has 9 nitrogen and oxygen atoms in total. The normalized spacial score (nSPS) is 31.5. The van der Waals surface area contributed by atoms with Gasteiger partial charge in [-0.25, -0.2) is 4.79 Å². The van der Waals surface area contributed by atoms with Gasteiger partial charge in [0.05, 0.1) is 43.2 Å². The van der Waals surface area contributed by atoms with Crippen LogP contribution in [0, 0.1) is 0 Å². The molecule has 3 atom stereocenters. The molecule has 196 valence electrons. The third-order valence-corrected chi connectivity index (χ3v) is 6.03. The summed E-state index contributed by atoms with van der Waals surface area (Å²) in [5.74, 6) is -0.291. The number of carbonyl (C=O) groups is 2. The van der Waals surface area contributed by atoms with Gasteiger partial charge in [0, 0.05) is 39.4 Å². The second-order valence-electron chi connectivity index (χ2n) is 10.5. The maximum atomic E-state index is 12.1. The van der Waals surface area contributed by atoms with E-state index in [2.05, 4.69) is 37.4 Å². The van der Waals surface area contributed by atoms with Crippen LogP contribution in [0.2, 0.25) is 0 Å². The number of nitrogens with zero attached hydrogens (tertiary/aromatic N) is 1. The summed E-state index contributed by atoms with van der Waals surface area (Å²) in [6.45, 7) is 9.53. The first kappa shape index (κ1) is 27.4. The van der Waals surface area contributed by atoms with Crippen LogP contribution in [0.25, 0.3) is 0 Å². The molecule has 1 N–H and O–H groups in total. The molecule has 0 aromatic heterocycles. The SMILES string of the molecule is CC(/C=C/[C@@H]1C[C@]2(CO2)CC(C)(C)O1)=C\CC1OCC(NC(=O)/C=C\[C@H](C)OC(=O)N(C)C)CO1. The predicted molar refractivity (Wildman–Crippen MR) is 131 cm³/mol. The van der Waals surface area contributed by atoms with Gasteiger partial charge < -0.3 is 33.9 Å². The fourth-order valence-electron chi connectivity index (χ4n) is 4.28. The molecule has 3 fully saturated rings. The second-order valence-corrected chi connectivity index (χ2v) is 10.5. The van der Waals surface area contributed by atoms with Gasteiger partial charge >= 0.3 is 6.09 Å². The average molecular weight is 493 g/mol. The van der Waals surface area contributed by atoms with Crippen LogP contribution in [-0.4, -0.2) is 86.6 Å². The molecule has 3 aliphatic rings. The van der Waals surface area contributed by atoms with Crippen LogP contribution < -0.4 is 5.32 Å². The highest BCUT2D eigenvalue weighted by molar-refractivity contribution is 5.87. The van der Waals surface area contributed by atoms with Gasteiger partial charge in [0.1, 0.15) is 6.10 Å². The quantitative estimate of drug-likeness (QED) is 0.316. The maximum Gasteiger partial charge on any atom is 0.409 e. The van der Waals surface area contributed by atoms with Gasteiger partial charge in [-0.2, -0.15) is 0 Å². The highest BCUT2D eigenvalue weighted by Gasteiger charge is 2.53. The smallest absolute Gasteiger partial charge is 0.409 e. The first-order valence-corrected chi connectivity index (χ1v) is 12.2. The van der Waals surface area contributed by atoms with Crippen molar-refractivity contribution in [3.05, 3.63) is 36.0 Å². The molecular formula is C26H40N2O7. The third kappa shape index (κ3) is 9.07. The molecule has 0 aromatic rings. The van der Waals surface area contributed by atoms with E-state index in [4.69, 9.17) is 23.7 Å². The number of amides is 2. The predicted octanol–water partition coefficient (Wildman–Crippen LogP) is 3.11. The highest BCUT2D eigenvalue weighted by Crippen LogP contribution is 2.46. The Hall–Kier alpha value is -2.20. The Bertz CT molecular complexity index is 831. The zero-order valence-corrected chi connectivity index (χ0v) is 21.7. The van der Waals surface area contributed by atoms with E-state index in [0.29, 0.717) is 19.6 Å². The van der Waals surface area contributed by atoms with Crippen LogP contribution in [0.4, 0.5) is 4.79 Å². The van der Waals surface area contributed by atoms with Gasteiger partial charge in [0.15, 0.2) is 6.29 Å². The second kappa shape index (κ2) is 11.7. The lowest BCUT2D eigenvalue weighted by atomic mass is 9.85. The Kier molecular flexibility index (Phi) is 9.15. The Morgan fingerprint density at radius 3 is 2.51 bits per heavy atom. The summed E-state index contributed by atoms with van der Waals surface area (Å²) >= 11 is 0. The molecule has 0 radical (unpaired) electrons. The summed E-state index contributed by atoms with van der Waals surface area (Å²) < 4.78 is 28.5. The summed E-state index contributed by atoms with van der Waals surface area (Å²) in [5, 5.41) is 2.83. The lowest BCUT2D eigenvalue weighted by Gasteiger charge is -2.38. The van der Waals surface area contributed by atoms with E-state index in [1.54, 1.807) is 21.0 Å². The average Bonchev–Trinajstić information content (AvgIpc) is 3.51.